The minimum absolute atomic E-state index is 0.353. The molecule has 0 bridgehead atoms. The summed E-state index contributed by atoms with van der Waals surface area (Å²) in [5.41, 5.74) is 0.353. The minimum atomic E-state index is 0.353. The summed E-state index contributed by atoms with van der Waals surface area (Å²) < 4.78 is 10.6. The Bertz CT molecular complexity index is 167. The first kappa shape index (κ1) is 10.4. The van der Waals surface area contributed by atoms with Crippen LogP contribution in [0.15, 0.2) is 12.5 Å². The first-order chi connectivity index (χ1) is 6.00. The molecule has 1 saturated heterocycles. The summed E-state index contributed by atoms with van der Waals surface area (Å²) in [5.74, 6) is 1.16. The molecule has 0 unspecified atom stereocenters. The average Bonchev–Trinajstić information content (AvgIpc) is 1.93. The van der Waals surface area contributed by atoms with Crippen LogP contribution in [0, 0.1) is 11.3 Å². The zero-order chi connectivity index (χ0) is 9.90. The van der Waals surface area contributed by atoms with Crippen molar-refractivity contribution >= 4 is 0 Å². The Morgan fingerprint density at radius 2 is 1.62 bits per heavy atom. The zero-order valence-electron chi connectivity index (χ0n) is 8.93. The van der Waals surface area contributed by atoms with E-state index in [9.17, 15) is 0 Å². The summed E-state index contributed by atoms with van der Waals surface area (Å²) in [6.45, 7) is 11.9. The second-order valence-electron chi connectivity index (χ2n) is 4.71. The van der Waals surface area contributed by atoms with E-state index in [2.05, 4.69) is 27.4 Å². The molecule has 0 spiro atoms. The van der Waals surface area contributed by atoms with Crippen LogP contribution in [-0.2, 0) is 9.47 Å². The van der Waals surface area contributed by atoms with Gasteiger partial charge in [-0.1, -0.05) is 20.8 Å². The van der Waals surface area contributed by atoms with Gasteiger partial charge in [0.25, 0.3) is 5.95 Å². The van der Waals surface area contributed by atoms with Crippen LogP contribution in [0.4, 0.5) is 0 Å². The number of rotatable bonds is 0. The Balaban J connectivity index is 2.46. The lowest BCUT2D eigenvalue weighted by atomic mass is 9.77. The lowest BCUT2D eigenvalue weighted by Gasteiger charge is -2.32. The van der Waals surface area contributed by atoms with Gasteiger partial charge in [-0.2, -0.15) is 0 Å². The summed E-state index contributed by atoms with van der Waals surface area (Å²) in [6, 6.07) is 0. The van der Waals surface area contributed by atoms with E-state index in [-0.39, 0.29) is 0 Å². The van der Waals surface area contributed by atoms with Gasteiger partial charge in [0.1, 0.15) is 0 Å². The summed E-state index contributed by atoms with van der Waals surface area (Å²) in [4.78, 5) is 0. The van der Waals surface area contributed by atoms with Gasteiger partial charge >= 0.3 is 0 Å². The molecular formula is C11H20O2. The highest BCUT2D eigenvalue weighted by molar-refractivity contribution is 4.78. The third-order valence-electron chi connectivity index (χ3n) is 2.68. The Hall–Kier alpha value is -0.660. The van der Waals surface area contributed by atoms with Gasteiger partial charge < -0.3 is 9.47 Å². The molecule has 13 heavy (non-hydrogen) atoms. The van der Waals surface area contributed by atoms with E-state index in [4.69, 9.17) is 9.47 Å². The van der Waals surface area contributed by atoms with Crippen LogP contribution < -0.4 is 0 Å². The second-order valence-corrected chi connectivity index (χ2v) is 4.71. The van der Waals surface area contributed by atoms with Crippen molar-refractivity contribution in [2.24, 2.45) is 11.3 Å². The molecule has 0 atom stereocenters. The van der Waals surface area contributed by atoms with Crippen molar-refractivity contribution in [2.45, 2.75) is 33.6 Å². The van der Waals surface area contributed by atoms with Crippen LogP contribution in [0.1, 0.15) is 33.6 Å². The van der Waals surface area contributed by atoms with Crippen LogP contribution in [0.25, 0.3) is 0 Å². The molecule has 0 amide bonds. The molecule has 2 heteroatoms. The Morgan fingerprint density at radius 3 is 2.00 bits per heavy atom. The molecule has 1 fully saturated rings. The Kier molecular flexibility index (Phi) is 3.23. The number of hydrogen-bond acceptors (Lipinski definition) is 2. The third-order valence-corrected chi connectivity index (χ3v) is 2.68. The summed E-state index contributed by atoms with van der Waals surface area (Å²) >= 11 is 0. The highest BCUT2D eigenvalue weighted by Gasteiger charge is 2.25. The van der Waals surface area contributed by atoms with Crippen LogP contribution >= 0.6 is 0 Å². The maximum absolute atomic E-state index is 5.29. The molecular weight excluding hydrogens is 164 g/mol. The molecule has 76 valence electrons. The van der Waals surface area contributed by atoms with Gasteiger partial charge in [0.2, 0.25) is 0 Å². The molecule has 0 aromatic heterocycles. The fraction of sp³-hybridized carbons (Fsp3) is 0.818. The molecule has 1 rings (SSSR count). The predicted molar refractivity (Wildman–Crippen MR) is 53.2 cm³/mol. The van der Waals surface area contributed by atoms with E-state index in [1.54, 1.807) is 0 Å². The normalized spacial score (nSPS) is 21.3. The molecule has 0 aliphatic carbocycles. The molecule has 0 aromatic rings. The fourth-order valence-corrected chi connectivity index (χ4v) is 1.68. The van der Waals surface area contributed by atoms with Gasteiger partial charge in [-0.3, -0.25) is 0 Å². The molecule has 1 heterocycles. The Morgan fingerprint density at radius 1 is 1.15 bits per heavy atom. The molecule has 0 aromatic carbocycles. The molecule has 1 aliphatic heterocycles. The lowest BCUT2D eigenvalue weighted by Crippen LogP contribution is -2.25. The predicted octanol–water partition coefficient (Wildman–Crippen LogP) is 2.95. The van der Waals surface area contributed by atoms with Gasteiger partial charge in [-0.25, -0.2) is 0 Å². The standard InChI is InChI=1S/C11H20O2/c1-9-12-7-5-10(6-8-13-9)11(2,3)4/h10H,1,5-8H2,2-4H3. The van der Waals surface area contributed by atoms with Crippen molar-refractivity contribution in [1.29, 1.82) is 0 Å². The monoisotopic (exact) mass is 184 g/mol. The largest absolute Gasteiger partial charge is 0.466 e. The van der Waals surface area contributed by atoms with Gasteiger partial charge in [-0.05, 0) is 30.8 Å². The van der Waals surface area contributed by atoms with Crippen molar-refractivity contribution in [3.05, 3.63) is 12.5 Å². The van der Waals surface area contributed by atoms with Gasteiger partial charge in [0.05, 0.1) is 13.2 Å². The van der Waals surface area contributed by atoms with Crippen LogP contribution in [-0.4, -0.2) is 13.2 Å². The van der Waals surface area contributed by atoms with Crippen LogP contribution in [0.2, 0.25) is 0 Å². The van der Waals surface area contributed by atoms with Crippen molar-refractivity contribution in [3.63, 3.8) is 0 Å². The van der Waals surface area contributed by atoms with E-state index in [1.165, 1.54) is 0 Å². The maximum Gasteiger partial charge on any atom is 0.271 e. The van der Waals surface area contributed by atoms with Crippen molar-refractivity contribution in [1.82, 2.24) is 0 Å². The van der Waals surface area contributed by atoms with Crippen molar-refractivity contribution < 1.29 is 9.47 Å². The van der Waals surface area contributed by atoms with Gasteiger partial charge in [0, 0.05) is 0 Å². The molecule has 2 nitrogen and oxygen atoms in total. The highest BCUT2D eigenvalue weighted by atomic mass is 16.7. The van der Waals surface area contributed by atoms with E-state index in [0.717, 1.165) is 26.1 Å². The summed E-state index contributed by atoms with van der Waals surface area (Å²) in [7, 11) is 0. The smallest absolute Gasteiger partial charge is 0.271 e. The van der Waals surface area contributed by atoms with E-state index >= 15 is 0 Å². The quantitative estimate of drug-likeness (QED) is 0.576. The fourth-order valence-electron chi connectivity index (χ4n) is 1.68. The minimum Gasteiger partial charge on any atom is -0.466 e. The van der Waals surface area contributed by atoms with Crippen molar-refractivity contribution in [2.75, 3.05) is 13.2 Å². The molecule has 0 radical (unpaired) electrons. The second kappa shape index (κ2) is 4.03. The zero-order valence-corrected chi connectivity index (χ0v) is 8.93. The van der Waals surface area contributed by atoms with Gasteiger partial charge in [0.15, 0.2) is 0 Å². The summed E-state index contributed by atoms with van der Waals surface area (Å²) in [6.07, 6.45) is 2.21. The first-order valence-electron chi connectivity index (χ1n) is 4.94. The lowest BCUT2D eigenvalue weighted by molar-refractivity contribution is -0.00830. The van der Waals surface area contributed by atoms with Crippen LogP contribution in [0.5, 0.6) is 0 Å². The molecule has 0 saturated carbocycles. The first-order valence-corrected chi connectivity index (χ1v) is 4.94. The van der Waals surface area contributed by atoms with E-state index in [1.807, 2.05) is 0 Å². The van der Waals surface area contributed by atoms with Crippen LogP contribution in [0.3, 0.4) is 0 Å². The third kappa shape index (κ3) is 3.29. The molecule has 1 aliphatic rings. The number of ether oxygens (including phenoxy) is 2. The maximum atomic E-state index is 5.29. The number of hydrogen-bond donors (Lipinski definition) is 0. The van der Waals surface area contributed by atoms with E-state index in [0.29, 0.717) is 17.3 Å². The van der Waals surface area contributed by atoms with Gasteiger partial charge in [-0.15, -0.1) is 0 Å². The van der Waals surface area contributed by atoms with Crippen molar-refractivity contribution in [3.8, 4) is 0 Å². The Labute approximate surface area is 80.9 Å². The average molecular weight is 184 g/mol. The highest BCUT2D eigenvalue weighted by Crippen LogP contribution is 2.32. The topological polar surface area (TPSA) is 18.5 Å². The van der Waals surface area contributed by atoms with E-state index < -0.39 is 0 Å². The molecule has 0 N–H and O–H groups in total. The summed E-state index contributed by atoms with van der Waals surface area (Å²) in [5, 5.41) is 0. The SMILES string of the molecule is C=C1OCCC(C(C)(C)C)CCO1.